The number of halogens is 1. The van der Waals surface area contributed by atoms with Crippen LogP contribution in [0.5, 0.6) is 0 Å². The highest BCUT2D eigenvalue weighted by Crippen LogP contribution is 2.21. The van der Waals surface area contributed by atoms with Gasteiger partial charge >= 0.3 is 6.03 Å². The molecule has 0 fully saturated rings. The van der Waals surface area contributed by atoms with E-state index in [2.05, 4.69) is 36.3 Å². The Labute approximate surface area is 137 Å². The van der Waals surface area contributed by atoms with Crippen LogP contribution in [0.15, 0.2) is 24.3 Å². The zero-order chi connectivity index (χ0) is 16.5. The molecule has 0 saturated carbocycles. The SMILES string of the molecule is CCN(CCNC(=O)NCC(O)c1ccccc1Cl)C(C)C. The minimum absolute atomic E-state index is 0.122. The molecule has 0 aliphatic heterocycles. The smallest absolute Gasteiger partial charge is 0.314 e. The molecule has 0 aromatic heterocycles. The van der Waals surface area contributed by atoms with Crippen LogP contribution in [0.4, 0.5) is 4.79 Å². The van der Waals surface area contributed by atoms with Crippen molar-refractivity contribution >= 4 is 17.6 Å². The van der Waals surface area contributed by atoms with Gasteiger partial charge in [-0.05, 0) is 26.5 Å². The van der Waals surface area contributed by atoms with E-state index >= 15 is 0 Å². The first-order valence-corrected chi connectivity index (χ1v) is 8.01. The van der Waals surface area contributed by atoms with E-state index < -0.39 is 6.10 Å². The minimum Gasteiger partial charge on any atom is -0.387 e. The maximum atomic E-state index is 11.7. The first-order chi connectivity index (χ1) is 10.5. The van der Waals surface area contributed by atoms with Gasteiger partial charge in [-0.25, -0.2) is 4.79 Å². The zero-order valence-corrected chi connectivity index (χ0v) is 14.2. The number of carbonyl (C=O) groups excluding carboxylic acids is 1. The Kier molecular flexibility index (Phi) is 8.24. The summed E-state index contributed by atoms with van der Waals surface area (Å²) in [7, 11) is 0. The monoisotopic (exact) mass is 327 g/mol. The van der Waals surface area contributed by atoms with Crippen LogP contribution in [0.25, 0.3) is 0 Å². The number of carbonyl (C=O) groups is 1. The highest BCUT2D eigenvalue weighted by atomic mass is 35.5. The largest absolute Gasteiger partial charge is 0.387 e. The Morgan fingerprint density at radius 1 is 1.32 bits per heavy atom. The van der Waals surface area contributed by atoms with E-state index in [0.29, 0.717) is 23.2 Å². The summed E-state index contributed by atoms with van der Waals surface area (Å²) >= 11 is 6.00. The standard InChI is InChI=1S/C16H26ClN3O2/c1-4-20(12(2)3)10-9-18-16(22)19-11-15(21)13-7-5-6-8-14(13)17/h5-8,12,15,21H,4,9-11H2,1-3H3,(H2,18,19,22). The van der Waals surface area contributed by atoms with Gasteiger partial charge in [0.1, 0.15) is 0 Å². The van der Waals surface area contributed by atoms with Gasteiger partial charge in [0.15, 0.2) is 0 Å². The fourth-order valence-electron chi connectivity index (χ4n) is 2.20. The summed E-state index contributed by atoms with van der Waals surface area (Å²) < 4.78 is 0. The van der Waals surface area contributed by atoms with Gasteiger partial charge in [0, 0.05) is 36.3 Å². The first kappa shape index (κ1) is 18.7. The molecule has 0 radical (unpaired) electrons. The van der Waals surface area contributed by atoms with Gasteiger partial charge < -0.3 is 15.7 Å². The van der Waals surface area contributed by atoms with Gasteiger partial charge in [-0.3, -0.25) is 4.90 Å². The van der Waals surface area contributed by atoms with Crippen LogP contribution in [0.1, 0.15) is 32.4 Å². The summed E-state index contributed by atoms with van der Waals surface area (Å²) in [5.41, 5.74) is 0.612. The Bertz CT molecular complexity index is 468. The maximum Gasteiger partial charge on any atom is 0.314 e. The number of hydrogen-bond donors (Lipinski definition) is 3. The van der Waals surface area contributed by atoms with Crippen molar-refractivity contribution in [2.45, 2.75) is 32.9 Å². The molecule has 0 saturated heterocycles. The number of nitrogens with one attached hydrogen (secondary N) is 2. The number of amides is 2. The molecule has 1 unspecified atom stereocenters. The number of aliphatic hydroxyl groups is 1. The van der Waals surface area contributed by atoms with E-state index in [-0.39, 0.29) is 12.6 Å². The van der Waals surface area contributed by atoms with Crippen LogP contribution >= 0.6 is 11.6 Å². The number of urea groups is 1. The molecule has 0 spiro atoms. The van der Waals surface area contributed by atoms with Gasteiger partial charge in [0.2, 0.25) is 0 Å². The van der Waals surface area contributed by atoms with Crippen LogP contribution in [-0.2, 0) is 0 Å². The summed E-state index contributed by atoms with van der Waals surface area (Å²) in [4.78, 5) is 14.0. The number of benzene rings is 1. The Hall–Kier alpha value is -1.30. The molecule has 0 aliphatic carbocycles. The molecule has 1 aromatic carbocycles. The molecule has 6 heteroatoms. The minimum atomic E-state index is -0.817. The second-order valence-electron chi connectivity index (χ2n) is 5.40. The molecule has 1 aromatic rings. The molecule has 0 aliphatic rings. The van der Waals surface area contributed by atoms with Crippen molar-refractivity contribution in [2.24, 2.45) is 0 Å². The summed E-state index contributed by atoms with van der Waals surface area (Å²) in [5, 5.41) is 16.0. The maximum absolute atomic E-state index is 11.7. The predicted molar refractivity (Wildman–Crippen MR) is 90.2 cm³/mol. The van der Waals surface area contributed by atoms with E-state index in [1.807, 2.05) is 0 Å². The first-order valence-electron chi connectivity index (χ1n) is 7.64. The van der Waals surface area contributed by atoms with E-state index in [9.17, 15) is 9.90 Å². The Morgan fingerprint density at radius 3 is 2.59 bits per heavy atom. The van der Waals surface area contributed by atoms with Crippen molar-refractivity contribution < 1.29 is 9.90 Å². The van der Waals surface area contributed by atoms with Gasteiger partial charge in [0.25, 0.3) is 0 Å². The number of nitrogens with zero attached hydrogens (tertiary/aromatic N) is 1. The molecule has 0 bridgehead atoms. The Balaban J connectivity index is 2.30. The highest BCUT2D eigenvalue weighted by Gasteiger charge is 2.12. The van der Waals surface area contributed by atoms with E-state index in [1.165, 1.54) is 0 Å². The molecule has 1 rings (SSSR count). The molecular weight excluding hydrogens is 302 g/mol. The molecule has 0 heterocycles. The fraction of sp³-hybridized carbons (Fsp3) is 0.562. The fourth-order valence-corrected chi connectivity index (χ4v) is 2.46. The summed E-state index contributed by atoms with van der Waals surface area (Å²) in [6, 6.07) is 7.23. The van der Waals surface area contributed by atoms with Crippen LogP contribution in [-0.4, -0.2) is 48.3 Å². The molecular formula is C16H26ClN3O2. The van der Waals surface area contributed by atoms with E-state index in [0.717, 1.165) is 13.1 Å². The van der Waals surface area contributed by atoms with E-state index in [1.54, 1.807) is 24.3 Å². The van der Waals surface area contributed by atoms with Crippen LogP contribution in [0, 0.1) is 0 Å². The predicted octanol–water partition coefficient (Wildman–Crippen LogP) is 2.40. The van der Waals surface area contributed by atoms with Crippen molar-refractivity contribution in [3.05, 3.63) is 34.9 Å². The van der Waals surface area contributed by atoms with Gasteiger partial charge in [-0.1, -0.05) is 36.7 Å². The molecule has 2 amide bonds. The topological polar surface area (TPSA) is 64.6 Å². The second kappa shape index (κ2) is 9.66. The van der Waals surface area contributed by atoms with Gasteiger partial charge in [-0.2, -0.15) is 0 Å². The van der Waals surface area contributed by atoms with Gasteiger partial charge in [-0.15, -0.1) is 0 Å². The van der Waals surface area contributed by atoms with Gasteiger partial charge in [0.05, 0.1) is 6.10 Å². The normalized spacial score (nSPS) is 12.5. The third kappa shape index (κ3) is 6.22. The molecule has 22 heavy (non-hydrogen) atoms. The molecule has 124 valence electrons. The molecule has 3 N–H and O–H groups in total. The third-order valence-corrected chi connectivity index (χ3v) is 3.89. The third-order valence-electron chi connectivity index (χ3n) is 3.54. The van der Waals surface area contributed by atoms with Crippen molar-refractivity contribution in [1.82, 2.24) is 15.5 Å². The summed E-state index contributed by atoms with van der Waals surface area (Å²) in [6.45, 7) is 8.80. The van der Waals surface area contributed by atoms with Crippen molar-refractivity contribution in [2.75, 3.05) is 26.2 Å². The molecule has 5 nitrogen and oxygen atoms in total. The average Bonchev–Trinajstić information content (AvgIpc) is 2.49. The number of aliphatic hydroxyl groups excluding tert-OH is 1. The highest BCUT2D eigenvalue weighted by molar-refractivity contribution is 6.31. The average molecular weight is 328 g/mol. The second-order valence-corrected chi connectivity index (χ2v) is 5.80. The number of rotatable bonds is 8. The molecule has 1 atom stereocenters. The van der Waals surface area contributed by atoms with Crippen LogP contribution in [0.3, 0.4) is 0 Å². The van der Waals surface area contributed by atoms with Crippen molar-refractivity contribution in [3.8, 4) is 0 Å². The lowest BCUT2D eigenvalue weighted by Crippen LogP contribution is -2.43. The summed E-state index contributed by atoms with van der Waals surface area (Å²) in [6.07, 6.45) is -0.817. The lowest BCUT2D eigenvalue weighted by atomic mass is 10.1. The lowest BCUT2D eigenvalue weighted by molar-refractivity contribution is 0.172. The summed E-state index contributed by atoms with van der Waals surface area (Å²) in [5.74, 6) is 0. The van der Waals surface area contributed by atoms with Crippen LogP contribution in [0.2, 0.25) is 5.02 Å². The van der Waals surface area contributed by atoms with Crippen LogP contribution < -0.4 is 10.6 Å². The van der Waals surface area contributed by atoms with Crippen molar-refractivity contribution in [1.29, 1.82) is 0 Å². The van der Waals surface area contributed by atoms with E-state index in [4.69, 9.17) is 11.6 Å². The number of likely N-dealkylation sites (N-methyl/N-ethyl adjacent to an activating group) is 1. The lowest BCUT2D eigenvalue weighted by Gasteiger charge is -2.24. The number of hydrogen-bond acceptors (Lipinski definition) is 3. The zero-order valence-electron chi connectivity index (χ0n) is 13.5. The van der Waals surface area contributed by atoms with Crippen molar-refractivity contribution in [3.63, 3.8) is 0 Å². The Morgan fingerprint density at radius 2 is 2.00 bits per heavy atom. The quantitative estimate of drug-likeness (QED) is 0.687.